The molecule has 0 aliphatic heterocycles. The van der Waals surface area contributed by atoms with Gasteiger partial charge in [-0.25, -0.2) is 14.5 Å². The van der Waals surface area contributed by atoms with Crippen LogP contribution < -0.4 is 4.74 Å². The topological polar surface area (TPSA) is 66.2 Å². The van der Waals surface area contributed by atoms with Crippen LogP contribution in [0.25, 0.3) is 0 Å². The van der Waals surface area contributed by atoms with Crippen LogP contribution in [0.1, 0.15) is 15.9 Å². The van der Waals surface area contributed by atoms with E-state index in [1.54, 1.807) is 35.3 Å². The normalized spacial score (nSPS) is 10.4. The summed E-state index contributed by atoms with van der Waals surface area (Å²) in [6.07, 6.45) is 3.12. The third kappa shape index (κ3) is 4.81. The SMILES string of the molecule is O=C(OCCOc1ccccc1Cl)c1ccc(Cn2cncn2)cc1. The van der Waals surface area contributed by atoms with Crippen molar-refractivity contribution >= 4 is 17.6 Å². The van der Waals surface area contributed by atoms with E-state index in [-0.39, 0.29) is 13.2 Å². The molecule has 25 heavy (non-hydrogen) atoms. The Morgan fingerprint density at radius 1 is 1.08 bits per heavy atom. The maximum absolute atomic E-state index is 12.0. The highest BCUT2D eigenvalue weighted by Gasteiger charge is 2.08. The maximum atomic E-state index is 12.0. The lowest BCUT2D eigenvalue weighted by atomic mass is 10.1. The summed E-state index contributed by atoms with van der Waals surface area (Å²) in [6, 6.07) is 14.3. The number of para-hydroxylation sites is 1. The van der Waals surface area contributed by atoms with Gasteiger partial charge in [0.25, 0.3) is 0 Å². The highest BCUT2D eigenvalue weighted by molar-refractivity contribution is 6.32. The van der Waals surface area contributed by atoms with Crippen molar-refractivity contribution in [3.8, 4) is 5.75 Å². The Labute approximate surface area is 150 Å². The molecule has 0 spiro atoms. The average molecular weight is 358 g/mol. The van der Waals surface area contributed by atoms with Crippen molar-refractivity contribution in [1.29, 1.82) is 0 Å². The van der Waals surface area contributed by atoms with Gasteiger partial charge in [0.05, 0.1) is 17.1 Å². The van der Waals surface area contributed by atoms with Crippen LogP contribution >= 0.6 is 11.6 Å². The minimum atomic E-state index is -0.393. The second kappa shape index (κ2) is 8.30. The molecule has 0 aliphatic rings. The van der Waals surface area contributed by atoms with Crippen LogP contribution in [0.2, 0.25) is 5.02 Å². The molecular weight excluding hydrogens is 342 g/mol. The largest absolute Gasteiger partial charge is 0.488 e. The molecular formula is C18H16ClN3O3. The van der Waals surface area contributed by atoms with Crippen LogP contribution in [0.15, 0.2) is 61.2 Å². The van der Waals surface area contributed by atoms with Gasteiger partial charge in [-0.15, -0.1) is 0 Å². The molecule has 0 radical (unpaired) electrons. The lowest BCUT2D eigenvalue weighted by Crippen LogP contribution is -2.12. The molecule has 1 aromatic heterocycles. The fourth-order valence-electron chi connectivity index (χ4n) is 2.18. The van der Waals surface area contributed by atoms with Crippen molar-refractivity contribution in [1.82, 2.24) is 14.8 Å². The summed E-state index contributed by atoms with van der Waals surface area (Å²) in [4.78, 5) is 15.9. The Morgan fingerprint density at radius 3 is 2.60 bits per heavy atom. The Bertz CT molecular complexity index is 820. The predicted molar refractivity (Wildman–Crippen MR) is 92.8 cm³/mol. The zero-order chi connectivity index (χ0) is 17.5. The van der Waals surface area contributed by atoms with E-state index < -0.39 is 5.97 Å². The van der Waals surface area contributed by atoms with Gasteiger partial charge in [0.1, 0.15) is 31.6 Å². The van der Waals surface area contributed by atoms with Gasteiger partial charge in [-0.3, -0.25) is 0 Å². The van der Waals surface area contributed by atoms with Gasteiger partial charge < -0.3 is 9.47 Å². The van der Waals surface area contributed by atoms with E-state index in [2.05, 4.69) is 10.1 Å². The van der Waals surface area contributed by atoms with Crippen molar-refractivity contribution in [2.24, 2.45) is 0 Å². The molecule has 0 bridgehead atoms. The fourth-order valence-corrected chi connectivity index (χ4v) is 2.37. The second-order valence-corrected chi connectivity index (χ2v) is 5.61. The number of esters is 1. The van der Waals surface area contributed by atoms with E-state index in [0.717, 1.165) is 5.56 Å². The van der Waals surface area contributed by atoms with Gasteiger partial charge in [-0.1, -0.05) is 35.9 Å². The number of carbonyl (C=O) groups excluding carboxylic acids is 1. The first-order valence-corrected chi connectivity index (χ1v) is 8.06. The third-order valence-electron chi connectivity index (χ3n) is 3.41. The zero-order valence-electron chi connectivity index (χ0n) is 13.3. The Balaban J connectivity index is 1.45. The molecule has 6 nitrogen and oxygen atoms in total. The molecule has 0 aliphatic carbocycles. The fraction of sp³-hybridized carbons (Fsp3) is 0.167. The van der Waals surface area contributed by atoms with Crippen molar-refractivity contribution < 1.29 is 14.3 Å². The molecule has 128 valence electrons. The van der Waals surface area contributed by atoms with E-state index in [4.69, 9.17) is 21.1 Å². The highest BCUT2D eigenvalue weighted by Crippen LogP contribution is 2.22. The summed E-state index contributed by atoms with van der Waals surface area (Å²) in [5.41, 5.74) is 1.50. The van der Waals surface area contributed by atoms with Gasteiger partial charge in [-0.2, -0.15) is 5.10 Å². The Kier molecular flexibility index (Phi) is 5.64. The number of nitrogens with zero attached hydrogens (tertiary/aromatic N) is 3. The van der Waals surface area contributed by atoms with E-state index in [0.29, 0.717) is 22.9 Å². The zero-order valence-corrected chi connectivity index (χ0v) is 14.1. The summed E-state index contributed by atoms with van der Waals surface area (Å²) in [7, 11) is 0. The van der Waals surface area contributed by atoms with Crippen LogP contribution in [0.3, 0.4) is 0 Å². The van der Waals surface area contributed by atoms with Crippen LogP contribution in [0, 0.1) is 0 Å². The van der Waals surface area contributed by atoms with Crippen molar-refractivity contribution in [2.45, 2.75) is 6.54 Å². The summed E-state index contributed by atoms with van der Waals surface area (Å²) >= 11 is 5.98. The first kappa shape index (κ1) is 17.0. The minimum absolute atomic E-state index is 0.144. The molecule has 0 atom stereocenters. The number of ether oxygens (including phenoxy) is 2. The number of rotatable bonds is 7. The Hall–Kier alpha value is -2.86. The average Bonchev–Trinajstić information content (AvgIpc) is 3.13. The number of hydrogen-bond donors (Lipinski definition) is 0. The predicted octanol–water partition coefficient (Wildman–Crippen LogP) is 3.22. The number of halogens is 1. The summed E-state index contributed by atoms with van der Waals surface area (Å²) in [5, 5.41) is 4.57. The van der Waals surface area contributed by atoms with Crippen LogP contribution in [0.4, 0.5) is 0 Å². The van der Waals surface area contributed by atoms with Gasteiger partial charge in [0.15, 0.2) is 0 Å². The monoisotopic (exact) mass is 357 g/mol. The van der Waals surface area contributed by atoms with E-state index in [1.165, 1.54) is 6.33 Å². The van der Waals surface area contributed by atoms with E-state index >= 15 is 0 Å². The first-order valence-electron chi connectivity index (χ1n) is 7.68. The number of hydrogen-bond acceptors (Lipinski definition) is 5. The molecule has 7 heteroatoms. The summed E-state index contributed by atoms with van der Waals surface area (Å²) in [6.45, 7) is 0.978. The molecule has 3 rings (SSSR count). The molecule has 0 fully saturated rings. The quantitative estimate of drug-likeness (QED) is 0.480. The van der Waals surface area contributed by atoms with Crippen LogP contribution in [-0.4, -0.2) is 33.9 Å². The van der Waals surface area contributed by atoms with Gasteiger partial charge in [-0.05, 0) is 29.8 Å². The Morgan fingerprint density at radius 2 is 1.88 bits per heavy atom. The van der Waals surface area contributed by atoms with E-state index in [9.17, 15) is 4.79 Å². The third-order valence-corrected chi connectivity index (χ3v) is 3.72. The molecule has 0 amide bonds. The van der Waals surface area contributed by atoms with Crippen molar-refractivity contribution in [3.63, 3.8) is 0 Å². The smallest absolute Gasteiger partial charge is 0.338 e. The van der Waals surface area contributed by atoms with E-state index in [1.807, 2.05) is 24.3 Å². The second-order valence-electron chi connectivity index (χ2n) is 5.20. The van der Waals surface area contributed by atoms with Crippen LogP contribution in [0.5, 0.6) is 5.75 Å². The number of aromatic nitrogens is 3. The molecule has 1 heterocycles. The summed E-state index contributed by atoms with van der Waals surface area (Å²) in [5.74, 6) is 0.174. The standard InChI is InChI=1S/C18H16ClN3O3/c19-16-3-1-2-4-17(16)24-9-10-25-18(23)15-7-5-14(6-8-15)11-22-13-20-12-21-22/h1-8,12-13H,9-11H2. The van der Waals surface area contributed by atoms with Crippen molar-refractivity contribution in [2.75, 3.05) is 13.2 Å². The molecule has 0 saturated heterocycles. The lowest BCUT2D eigenvalue weighted by molar-refractivity contribution is 0.0450. The molecule has 2 aromatic carbocycles. The maximum Gasteiger partial charge on any atom is 0.338 e. The number of carbonyl (C=O) groups is 1. The van der Waals surface area contributed by atoms with Crippen LogP contribution in [-0.2, 0) is 11.3 Å². The van der Waals surface area contributed by atoms with Crippen molar-refractivity contribution in [3.05, 3.63) is 77.3 Å². The molecule has 0 unspecified atom stereocenters. The minimum Gasteiger partial charge on any atom is -0.488 e. The summed E-state index contributed by atoms with van der Waals surface area (Å²) < 4.78 is 12.4. The molecule has 3 aromatic rings. The number of benzene rings is 2. The molecule has 0 saturated carbocycles. The van der Waals surface area contributed by atoms with Gasteiger partial charge in [0.2, 0.25) is 0 Å². The van der Waals surface area contributed by atoms with Gasteiger partial charge in [0, 0.05) is 0 Å². The lowest BCUT2D eigenvalue weighted by Gasteiger charge is -2.09. The first-order chi connectivity index (χ1) is 12.2. The van der Waals surface area contributed by atoms with Gasteiger partial charge >= 0.3 is 5.97 Å². The highest BCUT2D eigenvalue weighted by atomic mass is 35.5. The molecule has 0 N–H and O–H groups in total.